The van der Waals surface area contributed by atoms with E-state index in [1.807, 2.05) is 62.1 Å². The lowest BCUT2D eigenvalue weighted by Gasteiger charge is -2.26. The number of ether oxygens (including phenoxy) is 1. The quantitative estimate of drug-likeness (QED) is 0.275. The Morgan fingerprint density at radius 3 is 2.67 bits per heavy atom. The molecule has 0 spiro atoms. The summed E-state index contributed by atoms with van der Waals surface area (Å²) in [5, 5.41) is 0.779. The molecule has 0 fully saturated rings. The Kier molecular flexibility index (Phi) is 7.20. The molecule has 2 atom stereocenters. The summed E-state index contributed by atoms with van der Waals surface area (Å²) < 4.78 is 7.36. The van der Waals surface area contributed by atoms with Crippen molar-refractivity contribution in [2.45, 2.75) is 69.6 Å². The number of aromatic nitrogens is 2. The fourth-order valence-corrected chi connectivity index (χ4v) is 5.27. The van der Waals surface area contributed by atoms with Gasteiger partial charge in [0.15, 0.2) is 5.16 Å². The summed E-state index contributed by atoms with van der Waals surface area (Å²) in [5.74, 6) is 0.0366. The number of anilines is 1. The van der Waals surface area contributed by atoms with Crippen LogP contribution in [0.25, 0.3) is 10.9 Å². The molecule has 0 bridgehead atoms. The molecular weight excluding hydrogens is 434 g/mol. The molecule has 0 aliphatic carbocycles. The predicted molar refractivity (Wildman–Crippen MR) is 134 cm³/mol. The lowest BCUT2D eigenvalue weighted by Crippen LogP contribution is -2.40. The van der Waals surface area contributed by atoms with Gasteiger partial charge in [0, 0.05) is 24.9 Å². The average Bonchev–Trinajstić information content (AvgIpc) is 3.13. The minimum Gasteiger partial charge on any atom is -0.379 e. The third-order valence-corrected chi connectivity index (χ3v) is 6.96. The average molecular weight is 466 g/mol. The van der Waals surface area contributed by atoms with Gasteiger partial charge in [-0.25, -0.2) is 4.98 Å². The number of benzene rings is 2. The van der Waals surface area contributed by atoms with Gasteiger partial charge in [0.1, 0.15) is 0 Å². The molecule has 4 rings (SSSR count). The lowest BCUT2D eigenvalue weighted by atomic mass is 10.1. The van der Waals surface area contributed by atoms with Gasteiger partial charge in [0.2, 0.25) is 5.91 Å². The van der Waals surface area contributed by atoms with E-state index < -0.39 is 0 Å². The minimum atomic E-state index is -0.384. The van der Waals surface area contributed by atoms with Gasteiger partial charge >= 0.3 is 0 Å². The molecule has 33 heavy (non-hydrogen) atoms. The normalized spacial score (nSPS) is 16.4. The number of carbonyl (C=O) groups is 1. The van der Waals surface area contributed by atoms with Crippen molar-refractivity contribution < 1.29 is 9.53 Å². The SMILES string of the molecule is CC(C)OCCCn1c(S[C@H](C)C(=O)N2c3ccccc3C[C@H]2C)nc2ccccc2c1=O. The molecule has 0 saturated heterocycles. The maximum atomic E-state index is 13.5. The highest BCUT2D eigenvalue weighted by atomic mass is 32.2. The number of para-hydroxylation sites is 2. The van der Waals surface area contributed by atoms with E-state index in [4.69, 9.17) is 9.72 Å². The van der Waals surface area contributed by atoms with Crippen LogP contribution in [0.2, 0.25) is 0 Å². The van der Waals surface area contributed by atoms with Crippen LogP contribution >= 0.6 is 11.8 Å². The zero-order valence-electron chi connectivity index (χ0n) is 19.7. The third kappa shape index (κ3) is 4.99. The Bertz CT molecular complexity index is 1210. The van der Waals surface area contributed by atoms with Crippen LogP contribution in [0.1, 0.15) is 39.7 Å². The highest BCUT2D eigenvalue weighted by Crippen LogP contribution is 2.34. The van der Waals surface area contributed by atoms with E-state index in [0.29, 0.717) is 35.6 Å². The maximum absolute atomic E-state index is 13.5. The lowest BCUT2D eigenvalue weighted by molar-refractivity contribution is -0.118. The van der Waals surface area contributed by atoms with Gasteiger partial charge in [-0.3, -0.25) is 14.2 Å². The Morgan fingerprint density at radius 2 is 1.88 bits per heavy atom. The van der Waals surface area contributed by atoms with Gasteiger partial charge < -0.3 is 9.64 Å². The van der Waals surface area contributed by atoms with E-state index in [-0.39, 0.29) is 28.9 Å². The minimum absolute atomic E-state index is 0.0366. The Balaban J connectivity index is 1.61. The number of amides is 1. The van der Waals surface area contributed by atoms with Gasteiger partial charge in [-0.1, -0.05) is 42.1 Å². The van der Waals surface area contributed by atoms with E-state index in [1.165, 1.54) is 17.3 Å². The van der Waals surface area contributed by atoms with Crippen LogP contribution in [0.3, 0.4) is 0 Å². The van der Waals surface area contributed by atoms with Gasteiger partial charge in [-0.15, -0.1) is 0 Å². The highest BCUT2D eigenvalue weighted by molar-refractivity contribution is 8.00. The monoisotopic (exact) mass is 465 g/mol. The first-order valence-electron chi connectivity index (χ1n) is 11.6. The van der Waals surface area contributed by atoms with E-state index in [1.54, 1.807) is 10.6 Å². The number of hydrogen-bond acceptors (Lipinski definition) is 5. The molecule has 0 unspecified atom stereocenters. The number of thioether (sulfide) groups is 1. The van der Waals surface area contributed by atoms with Crippen LogP contribution in [0.4, 0.5) is 5.69 Å². The largest absolute Gasteiger partial charge is 0.379 e. The maximum Gasteiger partial charge on any atom is 0.262 e. The molecule has 174 valence electrons. The first-order chi connectivity index (χ1) is 15.9. The second kappa shape index (κ2) is 10.1. The van der Waals surface area contributed by atoms with Crippen LogP contribution < -0.4 is 10.5 Å². The Morgan fingerprint density at radius 1 is 1.15 bits per heavy atom. The standard InChI is InChI=1S/C26H31N3O3S/c1-17(2)32-15-9-14-28-25(31)21-11-6-7-12-22(21)27-26(28)33-19(4)24(30)29-18(3)16-20-10-5-8-13-23(20)29/h5-8,10-13,17-19H,9,14-16H2,1-4H3/t18-,19-/m1/s1. The van der Waals surface area contributed by atoms with Crippen LogP contribution in [0.15, 0.2) is 58.5 Å². The van der Waals surface area contributed by atoms with Crippen LogP contribution in [0.5, 0.6) is 0 Å². The fraction of sp³-hybridized carbons (Fsp3) is 0.423. The van der Waals surface area contributed by atoms with E-state index in [0.717, 1.165) is 12.1 Å². The first kappa shape index (κ1) is 23.5. The number of carbonyl (C=O) groups excluding carboxylic acids is 1. The van der Waals surface area contributed by atoms with Crippen LogP contribution in [-0.4, -0.2) is 39.5 Å². The molecule has 1 aliphatic rings. The summed E-state index contributed by atoms with van der Waals surface area (Å²) in [5.41, 5.74) is 2.75. The van der Waals surface area contributed by atoms with Crippen molar-refractivity contribution in [2.75, 3.05) is 11.5 Å². The van der Waals surface area contributed by atoms with Crippen molar-refractivity contribution in [3.05, 3.63) is 64.4 Å². The van der Waals surface area contributed by atoms with Crippen molar-refractivity contribution in [3.8, 4) is 0 Å². The van der Waals surface area contributed by atoms with Gasteiger partial charge in [0.25, 0.3) is 5.56 Å². The van der Waals surface area contributed by atoms with Crippen molar-refractivity contribution in [1.82, 2.24) is 9.55 Å². The molecule has 0 radical (unpaired) electrons. The highest BCUT2D eigenvalue weighted by Gasteiger charge is 2.34. The molecule has 3 aromatic rings. The molecule has 1 amide bonds. The van der Waals surface area contributed by atoms with Crippen molar-refractivity contribution in [1.29, 1.82) is 0 Å². The Hall–Kier alpha value is -2.64. The molecule has 7 heteroatoms. The van der Waals surface area contributed by atoms with Crippen LogP contribution in [-0.2, 0) is 22.5 Å². The number of hydrogen-bond donors (Lipinski definition) is 0. The van der Waals surface area contributed by atoms with Crippen molar-refractivity contribution in [2.24, 2.45) is 0 Å². The van der Waals surface area contributed by atoms with E-state index in [9.17, 15) is 9.59 Å². The molecule has 0 saturated carbocycles. The number of fused-ring (bicyclic) bond motifs is 2. The summed E-state index contributed by atoms with van der Waals surface area (Å²) in [6.45, 7) is 9.03. The molecule has 0 N–H and O–H groups in total. The number of nitrogens with zero attached hydrogens (tertiary/aromatic N) is 3. The Labute approximate surface area is 199 Å². The van der Waals surface area contributed by atoms with Gasteiger partial charge in [-0.2, -0.15) is 0 Å². The third-order valence-electron chi connectivity index (χ3n) is 5.88. The van der Waals surface area contributed by atoms with Gasteiger partial charge in [-0.05, 0) is 64.3 Å². The van der Waals surface area contributed by atoms with Gasteiger partial charge in [0.05, 0.1) is 22.3 Å². The molecule has 1 aliphatic heterocycles. The second-order valence-electron chi connectivity index (χ2n) is 8.79. The summed E-state index contributed by atoms with van der Waals surface area (Å²) in [6.07, 6.45) is 1.70. The molecule has 2 aromatic carbocycles. The first-order valence-corrected chi connectivity index (χ1v) is 12.4. The summed E-state index contributed by atoms with van der Waals surface area (Å²) in [6, 6.07) is 15.6. The summed E-state index contributed by atoms with van der Waals surface area (Å²) in [4.78, 5) is 33.4. The molecular formula is C26H31N3O3S. The predicted octanol–water partition coefficient (Wildman–Crippen LogP) is 4.67. The van der Waals surface area contributed by atoms with Crippen LogP contribution in [0, 0.1) is 0 Å². The second-order valence-corrected chi connectivity index (χ2v) is 10.1. The molecule has 6 nitrogen and oxygen atoms in total. The smallest absolute Gasteiger partial charge is 0.262 e. The summed E-state index contributed by atoms with van der Waals surface area (Å²) in [7, 11) is 0. The zero-order valence-corrected chi connectivity index (χ0v) is 20.5. The molecule has 1 aromatic heterocycles. The fourth-order valence-electron chi connectivity index (χ4n) is 4.28. The topological polar surface area (TPSA) is 64.4 Å². The van der Waals surface area contributed by atoms with Crippen molar-refractivity contribution in [3.63, 3.8) is 0 Å². The van der Waals surface area contributed by atoms with E-state index >= 15 is 0 Å². The van der Waals surface area contributed by atoms with Crippen molar-refractivity contribution >= 4 is 34.3 Å². The zero-order chi connectivity index (χ0) is 23.5. The van der Waals surface area contributed by atoms with E-state index in [2.05, 4.69) is 13.0 Å². The molecule has 2 heterocycles. The summed E-state index contributed by atoms with van der Waals surface area (Å²) >= 11 is 1.36. The number of rotatable bonds is 8.